The summed E-state index contributed by atoms with van der Waals surface area (Å²) in [4.78, 5) is 12.1. The van der Waals surface area contributed by atoms with E-state index in [1.807, 2.05) is 30.3 Å². The molecule has 1 amide bonds. The number of carbonyl (C=O) groups excluding carboxylic acids is 1. The lowest BCUT2D eigenvalue weighted by atomic mass is 10.1. The van der Waals surface area contributed by atoms with Crippen molar-refractivity contribution in [2.24, 2.45) is 0 Å². The van der Waals surface area contributed by atoms with Gasteiger partial charge < -0.3 is 18.6 Å². The highest BCUT2D eigenvalue weighted by Gasteiger charge is 2.18. The Morgan fingerprint density at radius 2 is 1.68 bits per heavy atom. The topological polar surface area (TPSA) is 95.7 Å². The Balaban J connectivity index is 1.70. The molecule has 0 aliphatic carbocycles. The lowest BCUT2D eigenvalue weighted by Crippen LogP contribution is -2.12. The van der Waals surface area contributed by atoms with Crippen molar-refractivity contribution in [2.45, 2.75) is 12.8 Å². The van der Waals surface area contributed by atoms with E-state index in [9.17, 15) is 4.79 Å². The van der Waals surface area contributed by atoms with Crippen molar-refractivity contribution in [3.63, 3.8) is 0 Å². The van der Waals surface area contributed by atoms with Crippen molar-refractivity contribution < 1.29 is 23.4 Å². The molecule has 0 spiro atoms. The van der Waals surface area contributed by atoms with E-state index in [4.69, 9.17) is 18.6 Å². The van der Waals surface area contributed by atoms with Crippen LogP contribution in [0, 0.1) is 0 Å². The third kappa shape index (κ3) is 4.40. The number of methoxy groups -OCH3 is 3. The molecule has 1 N–H and O–H groups in total. The number of anilines is 1. The Morgan fingerprint density at radius 1 is 1.00 bits per heavy atom. The van der Waals surface area contributed by atoms with E-state index in [0.29, 0.717) is 35.7 Å². The quantitative estimate of drug-likeness (QED) is 0.637. The number of hydrogen-bond acceptors (Lipinski definition) is 7. The van der Waals surface area contributed by atoms with Crippen LogP contribution in [0.2, 0.25) is 0 Å². The Labute approximate surface area is 162 Å². The molecule has 3 aromatic rings. The number of aryl methyl sites for hydroxylation is 1. The minimum Gasteiger partial charge on any atom is -0.493 e. The molecule has 28 heavy (non-hydrogen) atoms. The molecule has 1 heterocycles. The van der Waals surface area contributed by atoms with Crippen LogP contribution in [0.4, 0.5) is 6.01 Å². The number of nitrogens with zero attached hydrogens (tertiary/aromatic N) is 2. The zero-order chi connectivity index (χ0) is 19.9. The highest BCUT2D eigenvalue weighted by molar-refractivity contribution is 5.88. The largest absolute Gasteiger partial charge is 0.493 e. The van der Waals surface area contributed by atoms with Gasteiger partial charge in [-0.05, 0) is 24.1 Å². The van der Waals surface area contributed by atoms with Crippen LogP contribution in [0.5, 0.6) is 17.2 Å². The van der Waals surface area contributed by atoms with Gasteiger partial charge in [0, 0.05) is 12.0 Å². The van der Waals surface area contributed by atoms with Gasteiger partial charge in [-0.3, -0.25) is 10.1 Å². The molecule has 8 heteroatoms. The van der Waals surface area contributed by atoms with Crippen LogP contribution in [0.1, 0.15) is 12.0 Å². The predicted molar refractivity (Wildman–Crippen MR) is 103 cm³/mol. The van der Waals surface area contributed by atoms with Gasteiger partial charge in [0.2, 0.25) is 17.5 Å². The number of aromatic nitrogens is 2. The van der Waals surface area contributed by atoms with E-state index in [0.717, 1.165) is 5.56 Å². The van der Waals surface area contributed by atoms with Crippen molar-refractivity contribution >= 4 is 11.9 Å². The third-order valence-corrected chi connectivity index (χ3v) is 4.07. The van der Waals surface area contributed by atoms with E-state index >= 15 is 0 Å². The summed E-state index contributed by atoms with van der Waals surface area (Å²) in [5, 5.41) is 10.5. The minimum absolute atomic E-state index is 0.0295. The average Bonchev–Trinajstić information content (AvgIpc) is 3.20. The summed E-state index contributed by atoms with van der Waals surface area (Å²) in [5.41, 5.74) is 1.66. The molecule has 0 saturated heterocycles. The maximum absolute atomic E-state index is 12.1. The van der Waals surface area contributed by atoms with Crippen molar-refractivity contribution in [2.75, 3.05) is 26.6 Å². The van der Waals surface area contributed by atoms with Gasteiger partial charge in [-0.2, -0.15) is 0 Å². The second-order valence-electron chi connectivity index (χ2n) is 5.86. The summed E-state index contributed by atoms with van der Waals surface area (Å²) in [5.74, 6) is 1.40. The first-order valence-corrected chi connectivity index (χ1v) is 8.62. The van der Waals surface area contributed by atoms with Gasteiger partial charge in [0.05, 0.1) is 21.3 Å². The summed E-state index contributed by atoms with van der Waals surface area (Å²) in [6, 6.07) is 13.2. The van der Waals surface area contributed by atoms with Crippen LogP contribution in [-0.2, 0) is 11.2 Å². The monoisotopic (exact) mass is 383 g/mol. The first kappa shape index (κ1) is 19.2. The lowest BCUT2D eigenvalue weighted by Gasteiger charge is -2.12. The van der Waals surface area contributed by atoms with E-state index in [1.165, 1.54) is 21.3 Å². The van der Waals surface area contributed by atoms with Crippen molar-refractivity contribution in [1.82, 2.24) is 10.2 Å². The summed E-state index contributed by atoms with van der Waals surface area (Å²) >= 11 is 0. The van der Waals surface area contributed by atoms with Crippen LogP contribution in [0.25, 0.3) is 11.5 Å². The van der Waals surface area contributed by atoms with Gasteiger partial charge in [0.15, 0.2) is 11.5 Å². The van der Waals surface area contributed by atoms with E-state index in [1.54, 1.807) is 12.1 Å². The molecule has 0 saturated carbocycles. The van der Waals surface area contributed by atoms with E-state index in [-0.39, 0.29) is 17.8 Å². The zero-order valence-electron chi connectivity index (χ0n) is 15.9. The molecule has 1 aromatic heterocycles. The maximum atomic E-state index is 12.1. The first-order valence-electron chi connectivity index (χ1n) is 8.62. The van der Waals surface area contributed by atoms with Crippen molar-refractivity contribution in [1.29, 1.82) is 0 Å². The van der Waals surface area contributed by atoms with E-state index in [2.05, 4.69) is 15.5 Å². The first-order chi connectivity index (χ1) is 13.6. The molecule has 0 bridgehead atoms. The molecule has 0 aliphatic heterocycles. The molecular formula is C20H21N3O5. The normalized spacial score (nSPS) is 10.4. The summed E-state index contributed by atoms with van der Waals surface area (Å²) < 4.78 is 21.5. The van der Waals surface area contributed by atoms with Crippen LogP contribution in [0.15, 0.2) is 46.9 Å². The lowest BCUT2D eigenvalue weighted by molar-refractivity contribution is -0.116. The maximum Gasteiger partial charge on any atom is 0.322 e. The van der Waals surface area contributed by atoms with Gasteiger partial charge in [-0.15, -0.1) is 5.10 Å². The van der Waals surface area contributed by atoms with Crippen molar-refractivity contribution in [3.05, 3.63) is 48.0 Å². The number of ether oxygens (including phenoxy) is 3. The minimum atomic E-state index is -0.205. The fourth-order valence-electron chi connectivity index (χ4n) is 2.68. The highest BCUT2D eigenvalue weighted by Crippen LogP contribution is 2.41. The van der Waals surface area contributed by atoms with E-state index < -0.39 is 0 Å². The Bertz CT molecular complexity index is 915. The molecule has 3 rings (SSSR count). The zero-order valence-corrected chi connectivity index (χ0v) is 15.9. The van der Waals surface area contributed by atoms with Crippen LogP contribution >= 0.6 is 0 Å². The average molecular weight is 383 g/mol. The SMILES string of the molecule is COc1cc(-c2nnc(NC(=O)CCc3ccccc3)o2)cc(OC)c1OC. The molecule has 2 aromatic carbocycles. The Morgan fingerprint density at radius 3 is 2.29 bits per heavy atom. The molecular weight excluding hydrogens is 362 g/mol. The highest BCUT2D eigenvalue weighted by atomic mass is 16.5. The molecule has 0 unspecified atom stereocenters. The summed E-state index contributed by atoms with van der Waals surface area (Å²) in [6.45, 7) is 0. The van der Waals surface area contributed by atoms with Gasteiger partial charge in [0.1, 0.15) is 0 Å². The Kier molecular flexibility index (Phi) is 6.11. The molecule has 8 nitrogen and oxygen atoms in total. The summed E-state index contributed by atoms with van der Waals surface area (Å²) in [7, 11) is 4.57. The molecule has 0 atom stereocenters. The second kappa shape index (κ2) is 8.90. The number of hydrogen-bond donors (Lipinski definition) is 1. The number of nitrogens with one attached hydrogen (secondary N) is 1. The van der Waals surface area contributed by atoms with Gasteiger partial charge in [0.25, 0.3) is 0 Å². The smallest absolute Gasteiger partial charge is 0.322 e. The van der Waals surface area contributed by atoms with Gasteiger partial charge >= 0.3 is 6.01 Å². The third-order valence-electron chi connectivity index (χ3n) is 4.07. The predicted octanol–water partition coefficient (Wildman–Crippen LogP) is 3.33. The van der Waals surface area contributed by atoms with Gasteiger partial charge in [-0.1, -0.05) is 35.4 Å². The molecule has 146 valence electrons. The van der Waals surface area contributed by atoms with Crippen LogP contribution in [0.3, 0.4) is 0 Å². The fourth-order valence-corrected chi connectivity index (χ4v) is 2.68. The number of benzene rings is 2. The molecule has 0 fully saturated rings. The Hall–Kier alpha value is -3.55. The number of rotatable bonds is 8. The van der Waals surface area contributed by atoms with Crippen LogP contribution in [-0.4, -0.2) is 37.4 Å². The van der Waals surface area contributed by atoms with Crippen molar-refractivity contribution in [3.8, 4) is 28.7 Å². The second-order valence-corrected chi connectivity index (χ2v) is 5.86. The standard InChI is InChI=1S/C20H21N3O5/c1-25-15-11-14(12-16(26-2)18(15)27-3)19-22-23-20(28-19)21-17(24)10-9-13-7-5-4-6-8-13/h4-8,11-12H,9-10H2,1-3H3,(H,21,23,24). The van der Waals surface area contributed by atoms with Gasteiger partial charge in [-0.25, -0.2) is 0 Å². The molecule has 0 aliphatic rings. The molecule has 0 radical (unpaired) electrons. The number of carbonyl (C=O) groups is 1. The van der Waals surface area contributed by atoms with Crippen LogP contribution < -0.4 is 19.5 Å². The number of amides is 1. The fraction of sp³-hybridized carbons (Fsp3) is 0.250. The summed E-state index contributed by atoms with van der Waals surface area (Å²) in [6.07, 6.45) is 0.937.